The topological polar surface area (TPSA) is 55.6 Å². The van der Waals surface area contributed by atoms with Crippen molar-refractivity contribution in [2.24, 2.45) is 0 Å². The molecular formula is C15H11F4N5. The van der Waals surface area contributed by atoms with E-state index in [1.54, 1.807) is 18.3 Å². The number of nitrogens with one attached hydrogen (secondary N) is 1. The van der Waals surface area contributed by atoms with Gasteiger partial charge in [0.2, 0.25) is 0 Å². The minimum atomic E-state index is -4.77. The summed E-state index contributed by atoms with van der Waals surface area (Å²) in [7, 11) is 0. The summed E-state index contributed by atoms with van der Waals surface area (Å²) in [6, 6.07) is 8.00. The first-order valence-corrected chi connectivity index (χ1v) is 6.87. The van der Waals surface area contributed by atoms with E-state index in [2.05, 4.69) is 20.6 Å². The van der Waals surface area contributed by atoms with Crippen molar-refractivity contribution in [3.05, 3.63) is 65.9 Å². The molecule has 5 nitrogen and oxygen atoms in total. The summed E-state index contributed by atoms with van der Waals surface area (Å²) in [6.45, 7) is 0.296. The zero-order chi connectivity index (χ0) is 17.2. The van der Waals surface area contributed by atoms with Gasteiger partial charge in [-0.1, -0.05) is 11.3 Å². The van der Waals surface area contributed by atoms with Crippen LogP contribution in [0.5, 0.6) is 0 Å². The normalized spacial score (nSPS) is 11.5. The Morgan fingerprint density at radius 1 is 1.12 bits per heavy atom. The van der Waals surface area contributed by atoms with Gasteiger partial charge in [0.05, 0.1) is 24.0 Å². The molecule has 0 aliphatic rings. The lowest BCUT2D eigenvalue weighted by Crippen LogP contribution is -2.09. The molecule has 0 saturated carbocycles. The Balaban J connectivity index is 1.78. The van der Waals surface area contributed by atoms with E-state index in [1.165, 1.54) is 12.3 Å². The molecule has 0 amide bonds. The van der Waals surface area contributed by atoms with Crippen LogP contribution in [0.2, 0.25) is 0 Å². The first-order chi connectivity index (χ1) is 11.4. The molecule has 1 N–H and O–H groups in total. The van der Waals surface area contributed by atoms with Crippen LogP contribution in [0.4, 0.5) is 23.4 Å². The number of nitrogens with zero attached hydrogens (tertiary/aromatic N) is 4. The molecule has 0 aliphatic carbocycles. The summed E-state index contributed by atoms with van der Waals surface area (Å²) >= 11 is 0. The number of anilines is 1. The van der Waals surface area contributed by atoms with Crippen LogP contribution in [-0.4, -0.2) is 20.0 Å². The molecule has 0 spiro atoms. The molecule has 0 fully saturated rings. The van der Waals surface area contributed by atoms with Gasteiger partial charge >= 0.3 is 6.18 Å². The van der Waals surface area contributed by atoms with E-state index in [-0.39, 0.29) is 5.69 Å². The second kappa shape index (κ2) is 6.26. The van der Waals surface area contributed by atoms with E-state index in [4.69, 9.17) is 0 Å². The fourth-order valence-electron chi connectivity index (χ4n) is 2.03. The highest BCUT2D eigenvalue weighted by Gasteiger charge is 2.34. The molecule has 0 bridgehead atoms. The number of pyridine rings is 1. The number of rotatable bonds is 4. The monoisotopic (exact) mass is 337 g/mol. The summed E-state index contributed by atoms with van der Waals surface area (Å²) in [5.74, 6) is -0.698. The van der Waals surface area contributed by atoms with Crippen LogP contribution in [0.1, 0.15) is 11.3 Å². The van der Waals surface area contributed by atoms with Crippen molar-refractivity contribution in [3.63, 3.8) is 0 Å². The second-order valence-corrected chi connectivity index (χ2v) is 4.88. The van der Waals surface area contributed by atoms with Gasteiger partial charge < -0.3 is 5.32 Å². The highest BCUT2D eigenvalue weighted by Crippen LogP contribution is 2.32. The summed E-state index contributed by atoms with van der Waals surface area (Å²) in [5.41, 5.74) is -0.775. The Bertz CT molecular complexity index is 829. The van der Waals surface area contributed by atoms with E-state index in [9.17, 15) is 17.6 Å². The number of hydrogen-bond donors (Lipinski definition) is 1. The lowest BCUT2D eigenvalue weighted by molar-refractivity contribution is -0.140. The number of alkyl halides is 3. The average Bonchev–Trinajstić information content (AvgIpc) is 3.02. The van der Waals surface area contributed by atoms with Crippen molar-refractivity contribution in [3.8, 4) is 5.69 Å². The van der Waals surface area contributed by atoms with Gasteiger partial charge in [-0.2, -0.15) is 13.2 Å². The van der Waals surface area contributed by atoms with Crippen LogP contribution >= 0.6 is 0 Å². The Hall–Kier alpha value is -2.97. The maximum atomic E-state index is 13.3. The van der Waals surface area contributed by atoms with Gasteiger partial charge in [0.1, 0.15) is 17.3 Å². The summed E-state index contributed by atoms with van der Waals surface area (Å²) < 4.78 is 52.7. The van der Waals surface area contributed by atoms with Gasteiger partial charge in [-0.25, -0.2) is 14.1 Å². The summed E-state index contributed by atoms with van der Waals surface area (Å²) in [6.07, 6.45) is -1.69. The minimum Gasteiger partial charge on any atom is -0.364 e. The van der Waals surface area contributed by atoms with Crippen molar-refractivity contribution in [2.75, 3.05) is 5.32 Å². The molecule has 2 heterocycles. The Morgan fingerprint density at radius 3 is 2.67 bits per heavy atom. The first-order valence-electron chi connectivity index (χ1n) is 6.87. The summed E-state index contributed by atoms with van der Waals surface area (Å²) in [5, 5.41) is 10.6. The zero-order valence-electron chi connectivity index (χ0n) is 12.1. The van der Waals surface area contributed by atoms with Crippen LogP contribution in [0.15, 0.2) is 48.8 Å². The lowest BCUT2D eigenvalue weighted by atomic mass is 10.2. The standard InChI is InChI=1S/C15H11F4N5/c16-13-5-4-11(7-12(13)15(17,18)19)24-9-10(22-23-24)8-21-14-3-1-2-6-20-14/h1-7,9H,8H2,(H,20,21). The molecule has 0 unspecified atom stereocenters. The van der Waals surface area contributed by atoms with Crippen molar-refractivity contribution in [1.82, 2.24) is 20.0 Å². The maximum Gasteiger partial charge on any atom is 0.419 e. The number of benzene rings is 1. The van der Waals surface area contributed by atoms with Crippen molar-refractivity contribution < 1.29 is 17.6 Å². The molecule has 0 radical (unpaired) electrons. The lowest BCUT2D eigenvalue weighted by Gasteiger charge is -2.09. The fourth-order valence-corrected chi connectivity index (χ4v) is 2.03. The average molecular weight is 337 g/mol. The largest absolute Gasteiger partial charge is 0.419 e. The number of aromatic nitrogens is 4. The predicted octanol–water partition coefficient (Wildman–Crippen LogP) is 3.43. The molecule has 124 valence electrons. The highest BCUT2D eigenvalue weighted by atomic mass is 19.4. The maximum absolute atomic E-state index is 13.3. The first kappa shape index (κ1) is 15.9. The highest BCUT2D eigenvalue weighted by molar-refractivity contribution is 5.38. The van der Waals surface area contributed by atoms with Gasteiger partial charge in [-0.05, 0) is 30.3 Å². The van der Waals surface area contributed by atoms with E-state index in [0.717, 1.165) is 10.7 Å². The number of hydrogen-bond acceptors (Lipinski definition) is 4. The molecule has 0 aliphatic heterocycles. The van der Waals surface area contributed by atoms with Crippen LogP contribution < -0.4 is 5.32 Å². The van der Waals surface area contributed by atoms with Crippen LogP contribution in [0.25, 0.3) is 5.69 Å². The second-order valence-electron chi connectivity index (χ2n) is 4.88. The molecular weight excluding hydrogens is 326 g/mol. The number of halogens is 4. The predicted molar refractivity (Wildman–Crippen MR) is 77.9 cm³/mol. The van der Waals surface area contributed by atoms with Crippen molar-refractivity contribution >= 4 is 5.82 Å². The third kappa shape index (κ3) is 3.50. The van der Waals surface area contributed by atoms with E-state index >= 15 is 0 Å². The molecule has 2 aromatic heterocycles. The Labute approximate surface area is 134 Å². The SMILES string of the molecule is Fc1ccc(-n2cc(CNc3ccccn3)nn2)cc1C(F)(F)F. The molecule has 9 heteroatoms. The van der Waals surface area contributed by atoms with Crippen molar-refractivity contribution in [1.29, 1.82) is 0 Å². The van der Waals surface area contributed by atoms with Gasteiger partial charge in [-0.3, -0.25) is 0 Å². The molecule has 0 atom stereocenters. The third-order valence-corrected chi connectivity index (χ3v) is 3.18. The zero-order valence-corrected chi connectivity index (χ0v) is 12.1. The van der Waals surface area contributed by atoms with E-state index in [1.807, 2.05) is 6.07 Å². The van der Waals surface area contributed by atoms with Crippen molar-refractivity contribution in [2.45, 2.75) is 12.7 Å². The van der Waals surface area contributed by atoms with Crippen LogP contribution in [0.3, 0.4) is 0 Å². The molecule has 1 aromatic carbocycles. The minimum absolute atomic E-state index is 0.0697. The quantitative estimate of drug-likeness (QED) is 0.741. The van der Waals surface area contributed by atoms with Crippen LogP contribution in [-0.2, 0) is 12.7 Å². The van der Waals surface area contributed by atoms with Gasteiger partial charge in [0, 0.05) is 6.20 Å². The molecule has 3 rings (SSSR count). The third-order valence-electron chi connectivity index (χ3n) is 3.18. The smallest absolute Gasteiger partial charge is 0.364 e. The molecule has 0 saturated heterocycles. The molecule has 3 aromatic rings. The fraction of sp³-hybridized carbons (Fsp3) is 0.133. The van der Waals surface area contributed by atoms with E-state index < -0.39 is 17.6 Å². The Morgan fingerprint density at radius 2 is 1.96 bits per heavy atom. The molecule has 24 heavy (non-hydrogen) atoms. The summed E-state index contributed by atoms with van der Waals surface area (Å²) in [4.78, 5) is 4.07. The van der Waals surface area contributed by atoms with Crippen LogP contribution in [0, 0.1) is 5.82 Å². The van der Waals surface area contributed by atoms with Gasteiger partial charge in [-0.15, -0.1) is 5.10 Å². The van der Waals surface area contributed by atoms with E-state index in [0.29, 0.717) is 24.1 Å². The van der Waals surface area contributed by atoms with Gasteiger partial charge in [0.15, 0.2) is 0 Å². The van der Waals surface area contributed by atoms with Gasteiger partial charge in [0.25, 0.3) is 0 Å². The Kier molecular flexibility index (Phi) is 4.15.